The maximum absolute atomic E-state index is 11.5. The predicted octanol–water partition coefficient (Wildman–Crippen LogP) is 0.920. The average molecular weight is 181 g/mol. The molecule has 0 atom stereocenters. The Labute approximate surface area is 77.9 Å². The van der Waals surface area contributed by atoms with Gasteiger partial charge in [-0.3, -0.25) is 10.2 Å². The first kappa shape index (κ1) is 9.80. The number of nitrogens with one attached hydrogen (secondary N) is 2. The molecule has 0 fully saturated rings. The van der Waals surface area contributed by atoms with Crippen LogP contribution in [0.15, 0.2) is 12.3 Å². The molecular formula is C9H15N3O. The van der Waals surface area contributed by atoms with Crippen LogP contribution < -0.4 is 5.43 Å². The number of rotatable bonds is 3. The van der Waals surface area contributed by atoms with E-state index in [1.54, 1.807) is 17.3 Å². The summed E-state index contributed by atoms with van der Waals surface area (Å²) in [5.41, 5.74) is 4.33. The van der Waals surface area contributed by atoms with E-state index < -0.39 is 0 Å². The molecule has 1 amide bonds. The molecule has 0 aliphatic rings. The summed E-state index contributed by atoms with van der Waals surface area (Å²) in [5, 5.41) is 1.74. The van der Waals surface area contributed by atoms with Crippen molar-refractivity contribution in [3.8, 4) is 0 Å². The van der Waals surface area contributed by atoms with Crippen molar-refractivity contribution in [3.05, 3.63) is 23.5 Å². The molecule has 72 valence electrons. The molecule has 0 saturated carbocycles. The van der Waals surface area contributed by atoms with E-state index in [1.165, 1.54) is 0 Å². The molecule has 0 aliphatic carbocycles. The van der Waals surface area contributed by atoms with Gasteiger partial charge in [-0.15, -0.1) is 0 Å². The molecule has 0 saturated heterocycles. The van der Waals surface area contributed by atoms with Crippen LogP contribution in [0.2, 0.25) is 0 Å². The highest BCUT2D eigenvalue weighted by molar-refractivity contribution is 5.94. The summed E-state index contributed by atoms with van der Waals surface area (Å²) in [7, 11) is 1.83. The largest absolute Gasteiger partial charge is 0.365 e. The molecule has 0 aromatic carbocycles. The highest BCUT2D eigenvalue weighted by Crippen LogP contribution is 2.03. The minimum Gasteiger partial charge on any atom is -0.365 e. The van der Waals surface area contributed by atoms with Gasteiger partial charge in [-0.25, -0.2) is 5.01 Å². The van der Waals surface area contributed by atoms with Crippen molar-refractivity contribution in [2.75, 3.05) is 13.6 Å². The zero-order chi connectivity index (χ0) is 9.84. The van der Waals surface area contributed by atoms with Crippen LogP contribution in [0.25, 0.3) is 0 Å². The maximum Gasteiger partial charge on any atom is 0.267 e. The van der Waals surface area contributed by atoms with Crippen LogP contribution in [0.5, 0.6) is 0 Å². The molecule has 1 aromatic heterocycles. The first-order valence-electron chi connectivity index (χ1n) is 4.31. The van der Waals surface area contributed by atoms with Crippen LogP contribution in [0.4, 0.5) is 0 Å². The number of carbonyl (C=O) groups is 1. The summed E-state index contributed by atoms with van der Waals surface area (Å²) in [5.74, 6) is -0.0666. The predicted molar refractivity (Wildman–Crippen MR) is 51.3 cm³/mol. The number of amides is 1. The van der Waals surface area contributed by atoms with Gasteiger partial charge in [-0.1, -0.05) is 6.92 Å². The van der Waals surface area contributed by atoms with E-state index in [9.17, 15) is 4.79 Å². The molecule has 2 N–H and O–H groups in total. The number of aromatic nitrogens is 1. The zero-order valence-corrected chi connectivity index (χ0v) is 8.22. The Balaban J connectivity index is 2.64. The Morgan fingerprint density at radius 3 is 2.85 bits per heavy atom. The number of H-pyrrole nitrogens is 1. The van der Waals surface area contributed by atoms with Crippen molar-refractivity contribution in [1.82, 2.24) is 15.4 Å². The van der Waals surface area contributed by atoms with E-state index in [1.807, 2.05) is 20.9 Å². The summed E-state index contributed by atoms with van der Waals surface area (Å²) < 4.78 is 0. The van der Waals surface area contributed by atoms with E-state index in [-0.39, 0.29) is 5.91 Å². The fourth-order valence-electron chi connectivity index (χ4n) is 1.01. The molecule has 0 spiro atoms. The minimum atomic E-state index is -0.0666. The zero-order valence-electron chi connectivity index (χ0n) is 8.22. The topological polar surface area (TPSA) is 48.1 Å². The Kier molecular flexibility index (Phi) is 3.08. The molecule has 0 unspecified atom stereocenters. The van der Waals surface area contributed by atoms with Crippen molar-refractivity contribution in [2.24, 2.45) is 0 Å². The van der Waals surface area contributed by atoms with E-state index in [4.69, 9.17) is 0 Å². The number of aromatic amines is 1. The van der Waals surface area contributed by atoms with Gasteiger partial charge in [0.15, 0.2) is 0 Å². The van der Waals surface area contributed by atoms with Gasteiger partial charge in [0.05, 0.1) is 5.56 Å². The Hall–Kier alpha value is -1.29. The number of hydrogen-bond donors (Lipinski definition) is 2. The molecular weight excluding hydrogens is 166 g/mol. The number of nitrogens with zero attached hydrogens (tertiary/aromatic N) is 1. The van der Waals surface area contributed by atoms with E-state index in [0.717, 1.165) is 12.2 Å². The van der Waals surface area contributed by atoms with Gasteiger partial charge in [0, 0.05) is 25.5 Å². The second kappa shape index (κ2) is 4.09. The second-order valence-corrected chi connectivity index (χ2v) is 2.97. The quantitative estimate of drug-likeness (QED) is 0.681. The number of hydrazine groups is 1. The van der Waals surface area contributed by atoms with E-state index in [2.05, 4.69) is 10.4 Å². The first-order chi connectivity index (χ1) is 6.15. The van der Waals surface area contributed by atoms with Crippen LogP contribution >= 0.6 is 0 Å². The van der Waals surface area contributed by atoms with Crippen molar-refractivity contribution in [1.29, 1.82) is 0 Å². The highest BCUT2D eigenvalue weighted by Gasteiger charge is 2.09. The third-order valence-electron chi connectivity index (χ3n) is 1.97. The van der Waals surface area contributed by atoms with Gasteiger partial charge in [0.2, 0.25) is 0 Å². The molecule has 1 heterocycles. The van der Waals surface area contributed by atoms with Crippen LogP contribution in [-0.2, 0) is 0 Å². The fraction of sp³-hybridized carbons (Fsp3) is 0.444. The van der Waals surface area contributed by atoms with Crippen molar-refractivity contribution in [2.45, 2.75) is 13.8 Å². The van der Waals surface area contributed by atoms with E-state index in [0.29, 0.717) is 5.56 Å². The second-order valence-electron chi connectivity index (χ2n) is 2.97. The maximum atomic E-state index is 11.5. The number of hydrogen-bond acceptors (Lipinski definition) is 2. The smallest absolute Gasteiger partial charge is 0.267 e. The highest BCUT2D eigenvalue weighted by atomic mass is 16.2. The third-order valence-corrected chi connectivity index (χ3v) is 1.97. The summed E-state index contributed by atoms with van der Waals surface area (Å²) in [4.78, 5) is 14.5. The molecule has 0 radical (unpaired) electrons. The van der Waals surface area contributed by atoms with Crippen LogP contribution in [0, 0.1) is 6.92 Å². The molecule has 13 heavy (non-hydrogen) atoms. The van der Waals surface area contributed by atoms with Crippen LogP contribution in [0.1, 0.15) is 23.0 Å². The van der Waals surface area contributed by atoms with E-state index >= 15 is 0 Å². The van der Waals surface area contributed by atoms with Crippen molar-refractivity contribution < 1.29 is 4.79 Å². The lowest BCUT2D eigenvalue weighted by molar-refractivity contribution is 0.0834. The Morgan fingerprint density at radius 1 is 1.69 bits per heavy atom. The van der Waals surface area contributed by atoms with Crippen molar-refractivity contribution >= 4 is 5.91 Å². The van der Waals surface area contributed by atoms with Gasteiger partial charge in [-0.05, 0) is 13.0 Å². The molecule has 0 aliphatic heterocycles. The van der Waals surface area contributed by atoms with Gasteiger partial charge in [0.1, 0.15) is 0 Å². The molecule has 4 nitrogen and oxygen atoms in total. The number of carbonyl (C=O) groups excluding carboxylic acids is 1. The van der Waals surface area contributed by atoms with Gasteiger partial charge in [0.25, 0.3) is 5.91 Å². The first-order valence-corrected chi connectivity index (χ1v) is 4.31. The van der Waals surface area contributed by atoms with Crippen molar-refractivity contribution in [3.63, 3.8) is 0 Å². The molecule has 4 heteroatoms. The van der Waals surface area contributed by atoms with Crippen LogP contribution in [-0.4, -0.2) is 29.5 Å². The summed E-state index contributed by atoms with van der Waals surface area (Å²) in [6, 6.07) is 1.77. The summed E-state index contributed by atoms with van der Waals surface area (Å²) >= 11 is 0. The summed E-state index contributed by atoms with van der Waals surface area (Å²) in [6.45, 7) is 4.64. The normalized spacial score (nSPS) is 10.5. The summed E-state index contributed by atoms with van der Waals surface area (Å²) in [6.07, 6.45) is 1.76. The fourth-order valence-corrected chi connectivity index (χ4v) is 1.01. The molecule has 0 bridgehead atoms. The Bertz CT molecular complexity index is 293. The van der Waals surface area contributed by atoms with Crippen LogP contribution in [0.3, 0.4) is 0 Å². The SMILES string of the molecule is CCN(C)NC(=O)c1cc[nH]c1C. The minimum absolute atomic E-state index is 0.0666. The number of aryl methyl sites for hydroxylation is 1. The lowest BCUT2D eigenvalue weighted by Gasteiger charge is -2.14. The monoisotopic (exact) mass is 181 g/mol. The standard InChI is InChI=1S/C9H15N3O/c1-4-12(3)11-9(13)8-5-6-10-7(8)2/h5-6,10H,4H2,1-3H3,(H,11,13). The lowest BCUT2D eigenvalue weighted by Crippen LogP contribution is -2.39. The average Bonchev–Trinajstić information content (AvgIpc) is 2.51. The Morgan fingerprint density at radius 2 is 2.38 bits per heavy atom. The van der Waals surface area contributed by atoms with Gasteiger partial charge in [-0.2, -0.15) is 0 Å². The lowest BCUT2D eigenvalue weighted by atomic mass is 10.2. The molecule has 1 aromatic rings. The molecule has 1 rings (SSSR count). The van der Waals surface area contributed by atoms with Gasteiger partial charge >= 0.3 is 0 Å². The van der Waals surface area contributed by atoms with Gasteiger partial charge < -0.3 is 4.98 Å². The third kappa shape index (κ3) is 2.32.